The van der Waals surface area contributed by atoms with E-state index in [1.165, 1.54) is 23.5 Å². The molecule has 0 fully saturated rings. The third-order valence-electron chi connectivity index (χ3n) is 3.55. The average Bonchev–Trinajstić information content (AvgIpc) is 2.55. The fourth-order valence-electron chi connectivity index (χ4n) is 2.32. The van der Waals surface area contributed by atoms with Crippen LogP contribution in [0, 0.1) is 0 Å². The van der Waals surface area contributed by atoms with Crippen molar-refractivity contribution in [3.05, 3.63) is 53.6 Å². The number of nitrogens with zero attached hydrogens (tertiary/aromatic N) is 1. The largest absolute Gasteiger partial charge is 0.486 e. The standard InChI is InChI=1S/C16H16ClNO4S/c1-18(23(19,20)14-8-6-12(17)7-9-14)10-13-11-21-15-4-2-3-5-16(15)22-13/h2-9,13H,10-11H2,1H3/t13-/m0/s1. The Labute approximate surface area is 140 Å². The van der Waals surface area contributed by atoms with Crippen molar-refractivity contribution in [3.8, 4) is 11.5 Å². The number of rotatable bonds is 4. The first-order chi connectivity index (χ1) is 11.0. The molecule has 0 unspecified atom stereocenters. The number of sulfonamides is 1. The van der Waals surface area contributed by atoms with E-state index in [1.54, 1.807) is 18.2 Å². The monoisotopic (exact) mass is 353 g/mol. The van der Waals surface area contributed by atoms with Gasteiger partial charge < -0.3 is 9.47 Å². The molecule has 5 nitrogen and oxygen atoms in total. The summed E-state index contributed by atoms with van der Waals surface area (Å²) in [6, 6.07) is 13.4. The molecular weight excluding hydrogens is 338 g/mol. The smallest absolute Gasteiger partial charge is 0.242 e. The lowest BCUT2D eigenvalue weighted by molar-refractivity contribution is 0.0798. The number of halogens is 1. The highest BCUT2D eigenvalue weighted by molar-refractivity contribution is 7.89. The molecule has 0 radical (unpaired) electrons. The summed E-state index contributed by atoms with van der Waals surface area (Å²) in [7, 11) is -2.07. The number of hydrogen-bond donors (Lipinski definition) is 0. The maximum Gasteiger partial charge on any atom is 0.242 e. The Bertz CT molecular complexity index is 792. The van der Waals surface area contributed by atoms with Crippen LogP contribution in [0.15, 0.2) is 53.4 Å². The third kappa shape index (κ3) is 3.44. The summed E-state index contributed by atoms with van der Waals surface area (Å²) in [6.45, 7) is 0.497. The van der Waals surface area contributed by atoms with Gasteiger partial charge in [0.05, 0.1) is 11.4 Å². The Balaban J connectivity index is 1.72. The lowest BCUT2D eigenvalue weighted by atomic mass is 10.2. The molecule has 0 saturated heterocycles. The highest BCUT2D eigenvalue weighted by Crippen LogP contribution is 2.31. The molecule has 0 amide bonds. The van der Waals surface area contributed by atoms with E-state index in [1.807, 2.05) is 18.2 Å². The van der Waals surface area contributed by atoms with E-state index < -0.39 is 10.0 Å². The summed E-state index contributed by atoms with van der Waals surface area (Å²) in [5.41, 5.74) is 0. The minimum absolute atomic E-state index is 0.194. The fourth-order valence-corrected chi connectivity index (χ4v) is 3.65. The first-order valence-corrected chi connectivity index (χ1v) is 8.89. The molecule has 0 aliphatic carbocycles. The second-order valence-corrected chi connectivity index (χ2v) is 7.72. The van der Waals surface area contributed by atoms with Gasteiger partial charge in [-0.1, -0.05) is 23.7 Å². The highest BCUT2D eigenvalue weighted by atomic mass is 35.5. The zero-order valence-corrected chi connectivity index (χ0v) is 14.0. The number of fused-ring (bicyclic) bond motifs is 1. The van der Waals surface area contributed by atoms with E-state index in [0.29, 0.717) is 23.1 Å². The molecule has 7 heteroatoms. The quantitative estimate of drug-likeness (QED) is 0.848. The second kappa shape index (κ2) is 6.39. The van der Waals surface area contributed by atoms with Crippen LogP contribution in [0.4, 0.5) is 0 Å². The maximum atomic E-state index is 12.5. The van der Waals surface area contributed by atoms with Gasteiger partial charge in [-0.25, -0.2) is 8.42 Å². The van der Waals surface area contributed by atoms with E-state index >= 15 is 0 Å². The molecule has 0 aromatic heterocycles. The van der Waals surface area contributed by atoms with Crippen LogP contribution in [-0.2, 0) is 10.0 Å². The van der Waals surface area contributed by atoms with Crippen LogP contribution in [0.3, 0.4) is 0 Å². The van der Waals surface area contributed by atoms with Crippen LogP contribution in [0.2, 0.25) is 5.02 Å². The van der Waals surface area contributed by atoms with Gasteiger partial charge in [0, 0.05) is 12.1 Å². The van der Waals surface area contributed by atoms with Crippen molar-refractivity contribution in [2.75, 3.05) is 20.2 Å². The minimum atomic E-state index is -3.59. The van der Waals surface area contributed by atoms with Crippen LogP contribution < -0.4 is 9.47 Å². The van der Waals surface area contributed by atoms with E-state index in [-0.39, 0.29) is 17.5 Å². The number of para-hydroxylation sites is 2. The van der Waals surface area contributed by atoms with Crippen molar-refractivity contribution in [1.82, 2.24) is 4.31 Å². The number of ether oxygens (including phenoxy) is 2. The molecule has 23 heavy (non-hydrogen) atoms. The second-order valence-electron chi connectivity index (χ2n) is 5.24. The Hall–Kier alpha value is -1.76. The molecule has 1 heterocycles. The lowest BCUT2D eigenvalue weighted by Gasteiger charge is -2.29. The first-order valence-electron chi connectivity index (χ1n) is 7.07. The Morgan fingerprint density at radius 1 is 1.13 bits per heavy atom. The Morgan fingerprint density at radius 2 is 1.78 bits per heavy atom. The highest BCUT2D eigenvalue weighted by Gasteiger charge is 2.27. The van der Waals surface area contributed by atoms with Gasteiger partial charge in [-0.05, 0) is 36.4 Å². The topological polar surface area (TPSA) is 55.8 Å². The normalized spacial score (nSPS) is 17.3. The van der Waals surface area contributed by atoms with Gasteiger partial charge in [0.2, 0.25) is 10.0 Å². The summed E-state index contributed by atoms with van der Waals surface area (Å²) < 4.78 is 37.8. The molecule has 0 spiro atoms. The molecule has 1 aliphatic heterocycles. The van der Waals surface area contributed by atoms with Gasteiger partial charge in [0.1, 0.15) is 12.7 Å². The van der Waals surface area contributed by atoms with Crippen LogP contribution >= 0.6 is 11.6 Å². The van der Waals surface area contributed by atoms with Gasteiger partial charge in [-0.3, -0.25) is 0 Å². The predicted molar refractivity (Wildman–Crippen MR) is 87.6 cm³/mol. The zero-order valence-electron chi connectivity index (χ0n) is 12.5. The molecule has 0 N–H and O–H groups in total. The van der Waals surface area contributed by atoms with Crippen molar-refractivity contribution in [3.63, 3.8) is 0 Å². The van der Waals surface area contributed by atoms with Crippen molar-refractivity contribution in [1.29, 1.82) is 0 Å². The number of likely N-dealkylation sites (N-methyl/N-ethyl adjacent to an activating group) is 1. The van der Waals surface area contributed by atoms with Gasteiger partial charge in [-0.2, -0.15) is 4.31 Å². The van der Waals surface area contributed by atoms with Crippen LogP contribution in [-0.4, -0.2) is 39.0 Å². The van der Waals surface area contributed by atoms with Crippen LogP contribution in [0.5, 0.6) is 11.5 Å². The SMILES string of the molecule is CN(C[C@H]1COc2ccccc2O1)S(=O)(=O)c1ccc(Cl)cc1. The molecule has 1 atom stereocenters. The Kier molecular flexibility index (Phi) is 4.48. The molecule has 2 aromatic rings. The maximum absolute atomic E-state index is 12.5. The summed E-state index contributed by atoms with van der Waals surface area (Å²) in [4.78, 5) is 0.196. The lowest BCUT2D eigenvalue weighted by Crippen LogP contribution is -2.41. The molecule has 1 aliphatic rings. The molecule has 2 aromatic carbocycles. The van der Waals surface area contributed by atoms with E-state index in [2.05, 4.69) is 0 Å². The number of benzene rings is 2. The minimum Gasteiger partial charge on any atom is -0.486 e. The van der Waals surface area contributed by atoms with Gasteiger partial charge in [0.25, 0.3) is 0 Å². The summed E-state index contributed by atoms with van der Waals surface area (Å²) in [6.07, 6.45) is -0.364. The predicted octanol–water partition coefficient (Wildman–Crippen LogP) is 2.80. The summed E-state index contributed by atoms with van der Waals surface area (Å²) in [5.74, 6) is 1.30. The average molecular weight is 354 g/mol. The molecule has 3 rings (SSSR count). The molecular formula is C16H16ClNO4S. The number of hydrogen-bond acceptors (Lipinski definition) is 4. The van der Waals surface area contributed by atoms with Gasteiger partial charge in [-0.15, -0.1) is 0 Å². The van der Waals surface area contributed by atoms with E-state index in [0.717, 1.165) is 0 Å². The van der Waals surface area contributed by atoms with Crippen LogP contribution in [0.25, 0.3) is 0 Å². The zero-order chi connectivity index (χ0) is 16.4. The molecule has 0 saturated carbocycles. The third-order valence-corrected chi connectivity index (χ3v) is 5.64. The summed E-state index contributed by atoms with van der Waals surface area (Å²) in [5, 5.41) is 0.493. The van der Waals surface area contributed by atoms with E-state index in [4.69, 9.17) is 21.1 Å². The van der Waals surface area contributed by atoms with Gasteiger partial charge in [0.15, 0.2) is 11.5 Å². The first kappa shape index (κ1) is 16.1. The fraction of sp³-hybridized carbons (Fsp3) is 0.250. The molecule has 122 valence electrons. The van der Waals surface area contributed by atoms with E-state index in [9.17, 15) is 8.42 Å². The Morgan fingerprint density at radius 3 is 2.48 bits per heavy atom. The van der Waals surface area contributed by atoms with Crippen molar-refractivity contribution in [2.45, 2.75) is 11.0 Å². The molecule has 0 bridgehead atoms. The van der Waals surface area contributed by atoms with Crippen molar-refractivity contribution in [2.24, 2.45) is 0 Å². The van der Waals surface area contributed by atoms with Gasteiger partial charge >= 0.3 is 0 Å². The van der Waals surface area contributed by atoms with Crippen LogP contribution in [0.1, 0.15) is 0 Å². The van der Waals surface area contributed by atoms with Crippen molar-refractivity contribution >= 4 is 21.6 Å². The van der Waals surface area contributed by atoms with Crippen molar-refractivity contribution < 1.29 is 17.9 Å². The summed E-state index contributed by atoms with van der Waals surface area (Å²) >= 11 is 5.80.